The Bertz CT molecular complexity index is 928. The third-order valence-electron chi connectivity index (χ3n) is 4.19. The van der Waals surface area contributed by atoms with E-state index in [4.69, 9.17) is 0 Å². The molecule has 3 rings (SSSR count). The van der Waals surface area contributed by atoms with E-state index in [0.717, 1.165) is 43.3 Å². The number of anilines is 2. The lowest BCUT2D eigenvalue weighted by Gasteiger charge is -2.23. The summed E-state index contributed by atoms with van der Waals surface area (Å²) in [4.78, 5) is 18.8. The molecule has 0 radical (unpaired) electrons. The van der Waals surface area contributed by atoms with Crippen LogP contribution in [0.3, 0.4) is 0 Å². The predicted molar refractivity (Wildman–Crippen MR) is 99.9 cm³/mol. The van der Waals surface area contributed by atoms with Gasteiger partial charge in [-0.1, -0.05) is 0 Å². The summed E-state index contributed by atoms with van der Waals surface area (Å²) >= 11 is 1.37. The maximum atomic E-state index is 12.0. The van der Waals surface area contributed by atoms with Crippen LogP contribution in [-0.4, -0.2) is 55.1 Å². The van der Waals surface area contributed by atoms with Crippen molar-refractivity contribution in [1.82, 2.24) is 9.36 Å². The number of benzene rings is 1. The lowest BCUT2D eigenvalue weighted by atomic mass is 10.2. The first-order valence-corrected chi connectivity index (χ1v) is 10.7. The van der Waals surface area contributed by atoms with Crippen molar-refractivity contribution in [3.8, 4) is 0 Å². The number of nitro groups is 1. The summed E-state index contributed by atoms with van der Waals surface area (Å²) in [5.74, 6) is 0.749. The fraction of sp³-hybridized carbons (Fsp3) is 0.467. The van der Waals surface area contributed by atoms with Crippen molar-refractivity contribution in [2.75, 3.05) is 42.2 Å². The Labute approximate surface area is 155 Å². The molecule has 26 heavy (non-hydrogen) atoms. The predicted octanol–water partition coefficient (Wildman–Crippen LogP) is 1.87. The highest BCUT2D eigenvalue weighted by Gasteiger charge is 2.25. The molecule has 0 N–H and O–H groups in total. The summed E-state index contributed by atoms with van der Waals surface area (Å²) < 4.78 is 28.1. The Hall–Kier alpha value is -2.27. The quantitative estimate of drug-likeness (QED) is 0.568. The molecule has 1 aromatic heterocycles. The molecule has 1 aliphatic rings. The molecule has 0 aliphatic carbocycles. The molecule has 0 atom stereocenters. The van der Waals surface area contributed by atoms with Crippen LogP contribution in [0.4, 0.5) is 16.5 Å². The van der Waals surface area contributed by atoms with Crippen molar-refractivity contribution >= 4 is 37.9 Å². The number of aromatic nitrogens is 2. The SMILES string of the molecule is Cc1nsc(N2CCCN(c3ccc([N+](=O)[O-])c(S(C)(=O)=O)c3)CC2)n1. The van der Waals surface area contributed by atoms with E-state index in [1.165, 1.54) is 23.7 Å². The zero-order valence-corrected chi connectivity index (χ0v) is 16.1. The van der Waals surface area contributed by atoms with Gasteiger partial charge in [0, 0.05) is 55.7 Å². The highest BCUT2D eigenvalue weighted by molar-refractivity contribution is 7.90. The Morgan fingerprint density at radius 3 is 2.50 bits per heavy atom. The van der Waals surface area contributed by atoms with E-state index in [-0.39, 0.29) is 4.90 Å². The van der Waals surface area contributed by atoms with Crippen molar-refractivity contribution in [2.24, 2.45) is 0 Å². The van der Waals surface area contributed by atoms with Gasteiger partial charge in [-0.25, -0.2) is 13.4 Å². The van der Waals surface area contributed by atoms with Gasteiger partial charge in [0.1, 0.15) is 10.7 Å². The largest absolute Gasteiger partial charge is 0.370 e. The Morgan fingerprint density at radius 1 is 1.19 bits per heavy atom. The molecular weight excluding hydrogens is 378 g/mol. The minimum absolute atomic E-state index is 0.249. The van der Waals surface area contributed by atoms with Crippen molar-refractivity contribution < 1.29 is 13.3 Å². The van der Waals surface area contributed by atoms with Crippen LogP contribution in [-0.2, 0) is 9.84 Å². The second-order valence-corrected chi connectivity index (χ2v) is 8.85. The number of hydrogen-bond donors (Lipinski definition) is 0. The summed E-state index contributed by atoms with van der Waals surface area (Å²) in [6.07, 6.45) is 1.85. The molecule has 1 aliphatic heterocycles. The van der Waals surface area contributed by atoms with Gasteiger partial charge in [-0.05, 0) is 25.5 Å². The molecule has 11 heteroatoms. The van der Waals surface area contributed by atoms with E-state index in [2.05, 4.69) is 14.3 Å². The van der Waals surface area contributed by atoms with Gasteiger partial charge in [0.15, 0.2) is 9.84 Å². The van der Waals surface area contributed by atoms with Crippen LogP contribution < -0.4 is 9.80 Å². The fourth-order valence-corrected chi connectivity index (χ4v) is 4.51. The maximum absolute atomic E-state index is 12.0. The first-order chi connectivity index (χ1) is 12.3. The summed E-state index contributed by atoms with van der Waals surface area (Å²) in [7, 11) is -3.70. The average molecular weight is 397 g/mol. The lowest BCUT2D eigenvalue weighted by Crippen LogP contribution is -2.30. The Morgan fingerprint density at radius 2 is 1.88 bits per heavy atom. The number of aryl methyl sites for hydroxylation is 1. The number of nitrogens with zero attached hydrogens (tertiary/aromatic N) is 5. The van der Waals surface area contributed by atoms with Crippen LogP contribution in [0.15, 0.2) is 23.1 Å². The van der Waals surface area contributed by atoms with E-state index in [0.29, 0.717) is 12.2 Å². The number of hydrogen-bond acceptors (Lipinski definition) is 9. The normalized spacial score (nSPS) is 15.8. The van der Waals surface area contributed by atoms with E-state index in [1.54, 1.807) is 6.07 Å². The second-order valence-electron chi connectivity index (χ2n) is 6.13. The molecule has 2 heterocycles. The van der Waals surface area contributed by atoms with Crippen molar-refractivity contribution in [3.05, 3.63) is 34.1 Å². The lowest BCUT2D eigenvalue weighted by molar-refractivity contribution is -0.387. The van der Waals surface area contributed by atoms with E-state index in [1.807, 2.05) is 11.8 Å². The minimum Gasteiger partial charge on any atom is -0.370 e. The molecular formula is C15H19N5O4S2. The standard InChI is InChI=1S/C15H19N5O4S2/c1-11-16-15(25-17-11)19-7-3-6-18(8-9-19)12-4-5-13(20(21)22)14(10-12)26(2,23)24/h4-5,10H,3,6-9H2,1-2H3. The van der Waals surface area contributed by atoms with Gasteiger partial charge >= 0.3 is 0 Å². The third-order valence-corrected chi connectivity index (χ3v) is 6.18. The molecule has 2 aromatic rings. The molecule has 0 amide bonds. The van der Waals surface area contributed by atoms with Crippen LogP contribution in [0.25, 0.3) is 0 Å². The zero-order valence-electron chi connectivity index (χ0n) is 14.5. The minimum atomic E-state index is -3.70. The van der Waals surface area contributed by atoms with Crippen LogP contribution in [0.2, 0.25) is 0 Å². The van der Waals surface area contributed by atoms with Crippen LogP contribution in [0.1, 0.15) is 12.2 Å². The fourth-order valence-electron chi connectivity index (χ4n) is 2.93. The molecule has 0 unspecified atom stereocenters. The molecule has 0 saturated carbocycles. The highest BCUT2D eigenvalue weighted by atomic mass is 32.2. The number of rotatable bonds is 4. The summed E-state index contributed by atoms with van der Waals surface area (Å²) in [5.41, 5.74) is 0.281. The molecule has 9 nitrogen and oxygen atoms in total. The van der Waals surface area contributed by atoms with Gasteiger partial charge in [-0.15, -0.1) is 0 Å². The molecule has 140 valence electrons. The Balaban J connectivity index is 1.84. The first-order valence-electron chi connectivity index (χ1n) is 8.04. The van der Waals surface area contributed by atoms with Crippen LogP contribution in [0.5, 0.6) is 0 Å². The smallest absolute Gasteiger partial charge is 0.288 e. The average Bonchev–Trinajstić information content (AvgIpc) is 2.86. The molecule has 1 saturated heterocycles. The van der Waals surface area contributed by atoms with Gasteiger partial charge in [0.25, 0.3) is 5.69 Å². The molecule has 1 fully saturated rings. The summed E-state index contributed by atoms with van der Waals surface area (Å²) in [6.45, 7) is 4.81. The van der Waals surface area contributed by atoms with Gasteiger partial charge < -0.3 is 9.80 Å². The van der Waals surface area contributed by atoms with Gasteiger partial charge in [0.05, 0.1) is 4.92 Å². The zero-order chi connectivity index (χ0) is 18.9. The first kappa shape index (κ1) is 18.5. The van der Waals surface area contributed by atoms with Crippen molar-refractivity contribution in [3.63, 3.8) is 0 Å². The maximum Gasteiger partial charge on any atom is 0.288 e. The second kappa shape index (κ2) is 7.16. The topological polar surface area (TPSA) is 110 Å². The van der Waals surface area contributed by atoms with E-state index in [9.17, 15) is 18.5 Å². The highest BCUT2D eigenvalue weighted by Crippen LogP contribution is 2.30. The van der Waals surface area contributed by atoms with E-state index < -0.39 is 20.4 Å². The van der Waals surface area contributed by atoms with Crippen molar-refractivity contribution in [1.29, 1.82) is 0 Å². The van der Waals surface area contributed by atoms with Crippen LogP contribution in [0, 0.1) is 17.0 Å². The van der Waals surface area contributed by atoms with Crippen LogP contribution >= 0.6 is 11.5 Å². The summed E-state index contributed by atoms with van der Waals surface area (Å²) in [5, 5.41) is 12.0. The van der Waals surface area contributed by atoms with E-state index >= 15 is 0 Å². The summed E-state index contributed by atoms with van der Waals surface area (Å²) in [6, 6.07) is 4.28. The number of nitro benzene ring substituents is 1. The van der Waals surface area contributed by atoms with Gasteiger partial charge in [-0.3, -0.25) is 10.1 Å². The molecule has 0 bridgehead atoms. The Kier molecular flexibility index (Phi) is 5.10. The monoisotopic (exact) mass is 397 g/mol. The molecule has 1 aromatic carbocycles. The van der Waals surface area contributed by atoms with Gasteiger partial charge in [-0.2, -0.15) is 4.37 Å². The van der Waals surface area contributed by atoms with Crippen molar-refractivity contribution in [2.45, 2.75) is 18.2 Å². The van der Waals surface area contributed by atoms with Gasteiger partial charge in [0.2, 0.25) is 5.13 Å². The molecule has 0 spiro atoms. The number of sulfone groups is 1. The third kappa shape index (κ3) is 3.93.